The minimum Gasteiger partial charge on any atom is -0.365 e. The van der Waals surface area contributed by atoms with Crippen LogP contribution in [0.4, 0.5) is 11.5 Å². The van der Waals surface area contributed by atoms with Gasteiger partial charge in [0, 0.05) is 17.3 Å². The Kier molecular flexibility index (Phi) is 4.92. The first-order chi connectivity index (χ1) is 11.0. The van der Waals surface area contributed by atoms with Crippen LogP contribution >= 0.6 is 0 Å². The molecule has 1 aromatic heterocycles. The lowest BCUT2D eigenvalue weighted by Crippen LogP contribution is -2.27. The van der Waals surface area contributed by atoms with E-state index in [-0.39, 0.29) is 16.9 Å². The molecule has 0 aliphatic carbocycles. The van der Waals surface area contributed by atoms with Gasteiger partial charge in [-0.25, -0.2) is 9.97 Å². The summed E-state index contributed by atoms with van der Waals surface area (Å²) in [6.07, 6.45) is 1.39. The maximum atomic E-state index is 12.4. The smallest absolute Gasteiger partial charge is 0.274 e. The van der Waals surface area contributed by atoms with E-state index in [0.717, 1.165) is 5.69 Å². The van der Waals surface area contributed by atoms with E-state index in [1.54, 1.807) is 6.07 Å². The van der Waals surface area contributed by atoms with Gasteiger partial charge in [0.2, 0.25) is 0 Å². The highest BCUT2D eigenvalue weighted by atomic mass is 16.1. The SMILES string of the molecule is CC(C)(C)Nc1cc(C(=O)Nc2ccc(C(C)(C)C)cc2)ncn1. The molecule has 24 heavy (non-hydrogen) atoms. The molecule has 1 heterocycles. The number of aromatic nitrogens is 2. The van der Waals surface area contributed by atoms with Crippen LogP contribution in [0.5, 0.6) is 0 Å². The summed E-state index contributed by atoms with van der Waals surface area (Å²) in [6.45, 7) is 12.6. The van der Waals surface area contributed by atoms with Gasteiger partial charge in [0.1, 0.15) is 17.8 Å². The Balaban J connectivity index is 2.11. The Morgan fingerprint density at radius 3 is 2.12 bits per heavy atom. The van der Waals surface area contributed by atoms with E-state index in [0.29, 0.717) is 11.5 Å². The molecule has 5 heteroatoms. The van der Waals surface area contributed by atoms with Gasteiger partial charge in [0.05, 0.1) is 0 Å². The Morgan fingerprint density at radius 2 is 1.58 bits per heavy atom. The third-order valence-corrected chi connectivity index (χ3v) is 3.41. The minimum absolute atomic E-state index is 0.0860. The number of carbonyl (C=O) groups excluding carboxylic acids is 1. The van der Waals surface area contributed by atoms with E-state index in [1.165, 1.54) is 11.9 Å². The maximum absolute atomic E-state index is 12.4. The molecule has 0 spiro atoms. The summed E-state index contributed by atoms with van der Waals surface area (Å²) in [5, 5.41) is 6.10. The first-order valence-corrected chi connectivity index (χ1v) is 8.07. The zero-order valence-corrected chi connectivity index (χ0v) is 15.3. The van der Waals surface area contributed by atoms with Gasteiger partial charge in [-0.3, -0.25) is 4.79 Å². The van der Waals surface area contributed by atoms with Crippen molar-refractivity contribution in [1.29, 1.82) is 0 Å². The number of hydrogen-bond donors (Lipinski definition) is 2. The number of carbonyl (C=O) groups is 1. The highest BCUT2D eigenvalue weighted by molar-refractivity contribution is 6.03. The van der Waals surface area contributed by atoms with Crippen LogP contribution in [0.1, 0.15) is 57.6 Å². The van der Waals surface area contributed by atoms with Crippen molar-refractivity contribution in [2.24, 2.45) is 0 Å². The quantitative estimate of drug-likeness (QED) is 0.885. The zero-order chi connectivity index (χ0) is 18.0. The molecule has 0 radical (unpaired) electrons. The predicted octanol–water partition coefficient (Wildman–Crippen LogP) is 4.24. The van der Waals surface area contributed by atoms with Gasteiger partial charge in [-0.05, 0) is 43.9 Å². The minimum atomic E-state index is -0.252. The molecule has 0 saturated carbocycles. The average molecular weight is 326 g/mol. The standard InChI is InChI=1S/C19H26N4O/c1-18(2,3)13-7-9-14(10-8-13)22-17(24)15-11-16(21-12-20-15)23-19(4,5)6/h7-12H,1-6H3,(H,22,24)(H,20,21,23). The first kappa shape index (κ1) is 17.9. The molecular weight excluding hydrogens is 300 g/mol. The Morgan fingerprint density at radius 1 is 0.958 bits per heavy atom. The highest BCUT2D eigenvalue weighted by Gasteiger charge is 2.15. The molecule has 0 aliphatic heterocycles. The molecular formula is C19H26N4O. The Hall–Kier alpha value is -2.43. The number of amides is 1. The number of hydrogen-bond acceptors (Lipinski definition) is 4. The van der Waals surface area contributed by atoms with Crippen LogP contribution in [0, 0.1) is 0 Å². The molecule has 0 fully saturated rings. The molecule has 2 aromatic rings. The number of nitrogens with zero attached hydrogens (tertiary/aromatic N) is 2. The molecule has 1 amide bonds. The fourth-order valence-corrected chi connectivity index (χ4v) is 2.18. The van der Waals surface area contributed by atoms with Crippen molar-refractivity contribution in [2.75, 3.05) is 10.6 Å². The second-order valence-corrected chi connectivity index (χ2v) is 7.94. The molecule has 0 aliphatic rings. The molecule has 5 nitrogen and oxygen atoms in total. The molecule has 128 valence electrons. The van der Waals surface area contributed by atoms with Crippen LogP contribution in [0.2, 0.25) is 0 Å². The van der Waals surface area contributed by atoms with E-state index < -0.39 is 0 Å². The summed E-state index contributed by atoms with van der Waals surface area (Å²) in [6, 6.07) is 9.54. The van der Waals surface area contributed by atoms with Gasteiger partial charge >= 0.3 is 0 Å². The number of benzene rings is 1. The van der Waals surface area contributed by atoms with Crippen LogP contribution in [0.25, 0.3) is 0 Å². The first-order valence-electron chi connectivity index (χ1n) is 8.07. The summed E-state index contributed by atoms with van der Waals surface area (Å²) >= 11 is 0. The second-order valence-electron chi connectivity index (χ2n) is 7.94. The van der Waals surface area contributed by atoms with Crippen LogP contribution in [0.3, 0.4) is 0 Å². The maximum Gasteiger partial charge on any atom is 0.274 e. The normalized spacial score (nSPS) is 11.9. The molecule has 1 aromatic carbocycles. The third kappa shape index (κ3) is 5.05. The van der Waals surface area contributed by atoms with E-state index in [4.69, 9.17) is 0 Å². The van der Waals surface area contributed by atoms with E-state index in [2.05, 4.69) is 41.4 Å². The topological polar surface area (TPSA) is 66.9 Å². The number of nitrogens with one attached hydrogen (secondary N) is 2. The number of rotatable bonds is 3. The molecule has 0 unspecified atom stereocenters. The monoisotopic (exact) mass is 326 g/mol. The van der Waals surface area contributed by atoms with E-state index >= 15 is 0 Å². The summed E-state index contributed by atoms with van der Waals surface area (Å²) in [4.78, 5) is 20.6. The predicted molar refractivity (Wildman–Crippen MR) is 98.5 cm³/mol. The molecule has 0 saturated heterocycles. The van der Waals surface area contributed by atoms with Gasteiger partial charge < -0.3 is 10.6 Å². The van der Waals surface area contributed by atoms with Crippen molar-refractivity contribution >= 4 is 17.4 Å². The fourth-order valence-electron chi connectivity index (χ4n) is 2.18. The van der Waals surface area contributed by atoms with Crippen LogP contribution in [0.15, 0.2) is 36.7 Å². The van der Waals surface area contributed by atoms with Gasteiger partial charge in [-0.2, -0.15) is 0 Å². The van der Waals surface area contributed by atoms with E-state index in [1.807, 2.05) is 45.0 Å². The van der Waals surface area contributed by atoms with Crippen LogP contribution < -0.4 is 10.6 Å². The molecule has 0 bridgehead atoms. The Labute approximate surface area is 143 Å². The van der Waals surface area contributed by atoms with Crippen LogP contribution in [-0.2, 0) is 5.41 Å². The van der Waals surface area contributed by atoms with Gasteiger partial charge in [-0.15, -0.1) is 0 Å². The van der Waals surface area contributed by atoms with Crippen molar-refractivity contribution in [1.82, 2.24) is 9.97 Å². The van der Waals surface area contributed by atoms with Crippen molar-refractivity contribution in [3.63, 3.8) is 0 Å². The van der Waals surface area contributed by atoms with Gasteiger partial charge in [-0.1, -0.05) is 32.9 Å². The summed E-state index contributed by atoms with van der Waals surface area (Å²) in [5.41, 5.74) is 2.25. The molecule has 2 rings (SSSR count). The summed E-state index contributed by atoms with van der Waals surface area (Å²) in [5.74, 6) is 0.378. The lowest BCUT2D eigenvalue weighted by Gasteiger charge is -2.21. The summed E-state index contributed by atoms with van der Waals surface area (Å²) < 4.78 is 0. The zero-order valence-electron chi connectivity index (χ0n) is 15.3. The third-order valence-electron chi connectivity index (χ3n) is 3.41. The van der Waals surface area contributed by atoms with E-state index in [9.17, 15) is 4.79 Å². The van der Waals surface area contributed by atoms with Gasteiger partial charge in [0.15, 0.2) is 0 Å². The largest absolute Gasteiger partial charge is 0.365 e. The van der Waals surface area contributed by atoms with Crippen molar-refractivity contribution in [2.45, 2.75) is 52.5 Å². The van der Waals surface area contributed by atoms with Gasteiger partial charge in [0.25, 0.3) is 5.91 Å². The summed E-state index contributed by atoms with van der Waals surface area (Å²) in [7, 11) is 0. The van der Waals surface area contributed by atoms with Crippen LogP contribution in [-0.4, -0.2) is 21.4 Å². The fraction of sp³-hybridized carbons (Fsp3) is 0.421. The number of anilines is 2. The second kappa shape index (κ2) is 6.59. The molecule has 0 atom stereocenters. The highest BCUT2D eigenvalue weighted by Crippen LogP contribution is 2.23. The lowest BCUT2D eigenvalue weighted by atomic mass is 9.87. The van der Waals surface area contributed by atoms with Crippen molar-refractivity contribution < 1.29 is 4.79 Å². The Bertz CT molecular complexity index is 709. The van der Waals surface area contributed by atoms with Crippen molar-refractivity contribution in [3.05, 3.63) is 47.9 Å². The van der Waals surface area contributed by atoms with Crippen molar-refractivity contribution in [3.8, 4) is 0 Å². The average Bonchev–Trinajstić information content (AvgIpc) is 2.45. The molecule has 2 N–H and O–H groups in total. The lowest BCUT2D eigenvalue weighted by molar-refractivity contribution is 0.102.